The first-order chi connectivity index (χ1) is 7.61. The van der Waals surface area contributed by atoms with Crippen LogP contribution in [0, 0.1) is 6.92 Å². The molecule has 1 radical (unpaired) electrons. The van der Waals surface area contributed by atoms with Gasteiger partial charge in [0.2, 0.25) is 6.29 Å². The summed E-state index contributed by atoms with van der Waals surface area (Å²) >= 11 is 13.1. The van der Waals surface area contributed by atoms with E-state index in [1.807, 2.05) is 6.29 Å². The SMILES string of the molecule is Cc1nc(-c2ccc(Cl)cc2Cl)sc1[C]=O. The van der Waals surface area contributed by atoms with Crippen LogP contribution in [0.25, 0.3) is 10.6 Å². The fraction of sp³-hybridized carbons (Fsp3) is 0.0909. The van der Waals surface area contributed by atoms with Crippen LogP contribution in [0.5, 0.6) is 0 Å². The maximum absolute atomic E-state index is 10.6. The quantitative estimate of drug-likeness (QED) is 0.829. The summed E-state index contributed by atoms with van der Waals surface area (Å²) in [5.41, 5.74) is 1.45. The van der Waals surface area contributed by atoms with Crippen molar-refractivity contribution in [2.75, 3.05) is 0 Å². The minimum Gasteiger partial charge on any atom is -0.284 e. The maximum atomic E-state index is 10.6. The van der Waals surface area contributed by atoms with E-state index in [0.717, 1.165) is 5.56 Å². The molecular weight excluding hydrogens is 265 g/mol. The lowest BCUT2D eigenvalue weighted by molar-refractivity contribution is 0.563. The Morgan fingerprint density at radius 3 is 2.69 bits per heavy atom. The Morgan fingerprint density at radius 2 is 2.12 bits per heavy atom. The molecule has 0 atom stereocenters. The van der Waals surface area contributed by atoms with Gasteiger partial charge >= 0.3 is 0 Å². The molecule has 0 unspecified atom stereocenters. The Morgan fingerprint density at radius 1 is 1.38 bits per heavy atom. The van der Waals surface area contributed by atoms with Crippen molar-refractivity contribution in [3.05, 3.63) is 38.8 Å². The zero-order valence-corrected chi connectivity index (χ0v) is 10.6. The number of thiazole rings is 1. The molecule has 0 N–H and O–H groups in total. The van der Waals surface area contributed by atoms with Crippen molar-refractivity contribution in [1.29, 1.82) is 0 Å². The van der Waals surface area contributed by atoms with Crippen LogP contribution in [-0.2, 0) is 4.79 Å². The van der Waals surface area contributed by atoms with Crippen molar-refractivity contribution in [2.24, 2.45) is 0 Å². The third-order valence-electron chi connectivity index (χ3n) is 2.05. The summed E-state index contributed by atoms with van der Waals surface area (Å²) in [4.78, 5) is 15.4. The van der Waals surface area contributed by atoms with Crippen molar-refractivity contribution in [3.8, 4) is 10.6 Å². The van der Waals surface area contributed by atoms with E-state index in [1.54, 1.807) is 25.1 Å². The lowest BCUT2D eigenvalue weighted by atomic mass is 10.2. The lowest BCUT2D eigenvalue weighted by Gasteiger charge is -1.99. The molecule has 1 heterocycles. The molecule has 0 spiro atoms. The van der Waals surface area contributed by atoms with Crippen molar-refractivity contribution in [1.82, 2.24) is 4.98 Å². The number of aryl methyl sites for hydroxylation is 1. The van der Waals surface area contributed by atoms with Gasteiger partial charge in [0.1, 0.15) is 9.88 Å². The van der Waals surface area contributed by atoms with Crippen molar-refractivity contribution in [2.45, 2.75) is 6.92 Å². The Hall–Kier alpha value is -0.900. The van der Waals surface area contributed by atoms with E-state index in [2.05, 4.69) is 4.98 Å². The molecule has 0 fully saturated rings. The largest absolute Gasteiger partial charge is 0.284 e. The second-order valence-corrected chi connectivity index (χ2v) is 5.00. The molecule has 16 heavy (non-hydrogen) atoms. The van der Waals surface area contributed by atoms with Gasteiger partial charge in [-0.05, 0) is 25.1 Å². The topological polar surface area (TPSA) is 30.0 Å². The summed E-state index contributed by atoms with van der Waals surface area (Å²) in [6, 6.07) is 5.18. The second-order valence-electron chi connectivity index (χ2n) is 3.16. The number of hydrogen-bond donors (Lipinski definition) is 0. The van der Waals surface area contributed by atoms with Gasteiger partial charge in [-0.1, -0.05) is 23.2 Å². The minimum atomic E-state index is 0.501. The highest BCUT2D eigenvalue weighted by Crippen LogP contribution is 2.33. The van der Waals surface area contributed by atoms with Gasteiger partial charge < -0.3 is 0 Å². The highest BCUT2D eigenvalue weighted by molar-refractivity contribution is 7.16. The molecule has 2 rings (SSSR count). The minimum absolute atomic E-state index is 0.501. The highest BCUT2D eigenvalue weighted by Gasteiger charge is 2.12. The number of rotatable bonds is 2. The molecule has 1 aromatic heterocycles. The fourth-order valence-electron chi connectivity index (χ4n) is 1.27. The Balaban J connectivity index is 2.54. The number of nitrogens with zero attached hydrogens (tertiary/aromatic N) is 1. The van der Waals surface area contributed by atoms with E-state index in [-0.39, 0.29) is 0 Å². The van der Waals surface area contributed by atoms with E-state index < -0.39 is 0 Å². The van der Waals surface area contributed by atoms with Crippen LogP contribution in [0.1, 0.15) is 10.6 Å². The summed E-state index contributed by atoms with van der Waals surface area (Å²) in [6.07, 6.45) is 1.85. The second kappa shape index (κ2) is 4.53. The third kappa shape index (κ3) is 2.12. The molecule has 81 valence electrons. The summed E-state index contributed by atoms with van der Waals surface area (Å²) in [7, 11) is 0. The highest BCUT2D eigenvalue weighted by atomic mass is 35.5. The number of carbonyl (C=O) groups excluding carboxylic acids is 1. The van der Waals surface area contributed by atoms with Crippen LogP contribution in [0.4, 0.5) is 0 Å². The van der Waals surface area contributed by atoms with Gasteiger partial charge in [-0.25, -0.2) is 4.98 Å². The first kappa shape index (κ1) is 11.6. The van der Waals surface area contributed by atoms with E-state index in [1.165, 1.54) is 11.3 Å². The molecule has 0 aliphatic rings. The fourth-order valence-corrected chi connectivity index (χ4v) is 2.72. The molecular formula is C11H6Cl2NOS. The number of benzene rings is 1. The summed E-state index contributed by atoms with van der Waals surface area (Å²) in [5.74, 6) is 0. The van der Waals surface area contributed by atoms with Crippen LogP contribution >= 0.6 is 34.5 Å². The van der Waals surface area contributed by atoms with Gasteiger partial charge in [0, 0.05) is 10.6 Å². The summed E-state index contributed by atoms with van der Waals surface area (Å²) in [6.45, 7) is 1.77. The molecule has 1 aromatic carbocycles. The molecule has 5 heteroatoms. The van der Waals surface area contributed by atoms with Gasteiger partial charge in [0.05, 0.1) is 10.7 Å². The van der Waals surface area contributed by atoms with Gasteiger partial charge in [0.15, 0.2) is 0 Å². The normalized spacial score (nSPS) is 10.4. The van der Waals surface area contributed by atoms with Crippen LogP contribution < -0.4 is 0 Å². The summed E-state index contributed by atoms with van der Waals surface area (Å²) in [5, 5.41) is 1.81. The van der Waals surface area contributed by atoms with E-state index in [0.29, 0.717) is 25.6 Å². The molecule has 2 aromatic rings. The molecule has 0 aliphatic carbocycles. The Bertz CT molecular complexity index is 551. The molecule has 0 bridgehead atoms. The van der Waals surface area contributed by atoms with Crippen LogP contribution in [0.2, 0.25) is 10.0 Å². The average Bonchev–Trinajstić information content (AvgIpc) is 2.59. The van der Waals surface area contributed by atoms with Gasteiger partial charge in [-0.2, -0.15) is 0 Å². The predicted octanol–water partition coefficient (Wildman–Crippen LogP) is 3.88. The van der Waals surface area contributed by atoms with Gasteiger partial charge in [-0.15, -0.1) is 11.3 Å². The molecule has 0 amide bonds. The maximum Gasteiger partial charge on any atom is 0.246 e. The monoisotopic (exact) mass is 270 g/mol. The number of halogens is 2. The smallest absolute Gasteiger partial charge is 0.246 e. The van der Waals surface area contributed by atoms with Crippen LogP contribution in [0.3, 0.4) is 0 Å². The van der Waals surface area contributed by atoms with Crippen molar-refractivity contribution >= 4 is 40.8 Å². The summed E-state index contributed by atoms with van der Waals surface area (Å²) < 4.78 is 0. The number of hydrogen-bond acceptors (Lipinski definition) is 3. The van der Waals surface area contributed by atoms with E-state index in [9.17, 15) is 4.79 Å². The van der Waals surface area contributed by atoms with Crippen molar-refractivity contribution < 1.29 is 4.79 Å². The zero-order valence-electron chi connectivity index (χ0n) is 8.25. The van der Waals surface area contributed by atoms with Crippen molar-refractivity contribution in [3.63, 3.8) is 0 Å². The van der Waals surface area contributed by atoms with Gasteiger partial charge in [-0.3, -0.25) is 4.79 Å². The Kier molecular flexibility index (Phi) is 3.28. The third-order valence-corrected chi connectivity index (χ3v) is 3.69. The zero-order chi connectivity index (χ0) is 11.7. The molecule has 0 saturated carbocycles. The van der Waals surface area contributed by atoms with E-state index in [4.69, 9.17) is 23.2 Å². The number of aromatic nitrogens is 1. The lowest BCUT2D eigenvalue weighted by Crippen LogP contribution is -1.80. The first-order valence-electron chi connectivity index (χ1n) is 4.43. The van der Waals surface area contributed by atoms with Crippen LogP contribution in [0.15, 0.2) is 18.2 Å². The first-order valence-corrected chi connectivity index (χ1v) is 6.00. The average molecular weight is 271 g/mol. The standard InChI is InChI=1S/C11H6Cl2NOS/c1-6-10(5-15)16-11(14-6)8-3-2-7(12)4-9(8)13/h2-4H,1H3. The Labute approximate surface area is 107 Å². The van der Waals surface area contributed by atoms with Gasteiger partial charge in [0.25, 0.3) is 0 Å². The van der Waals surface area contributed by atoms with Crippen LogP contribution in [-0.4, -0.2) is 11.3 Å². The van der Waals surface area contributed by atoms with E-state index >= 15 is 0 Å². The molecule has 0 aliphatic heterocycles. The molecule has 0 saturated heterocycles. The predicted molar refractivity (Wildman–Crippen MR) is 67.1 cm³/mol. The molecule has 2 nitrogen and oxygen atoms in total.